The van der Waals surface area contributed by atoms with Crippen LogP contribution >= 0.6 is 11.8 Å². The number of hydrogen-bond donors (Lipinski definition) is 5. The molecule has 9 heteroatoms. The van der Waals surface area contributed by atoms with E-state index in [1.807, 2.05) is 19.1 Å². The lowest BCUT2D eigenvalue weighted by Gasteiger charge is -2.09. The number of rotatable bonds is 4. The lowest BCUT2D eigenvalue weighted by atomic mass is 10.2. The molecule has 1 heterocycles. The van der Waals surface area contributed by atoms with E-state index in [0.29, 0.717) is 16.1 Å². The van der Waals surface area contributed by atoms with Crippen molar-refractivity contribution in [1.29, 1.82) is 0 Å². The molecule has 0 saturated carbocycles. The highest BCUT2D eigenvalue weighted by Gasteiger charge is 2.18. The van der Waals surface area contributed by atoms with Gasteiger partial charge in [-0.2, -0.15) is 5.10 Å². The molecular formula is C19H18N4O4S. The average molecular weight is 398 g/mol. The summed E-state index contributed by atoms with van der Waals surface area (Å²) in [5.41, 5.74) is 7.87. The van der Waals surface area contributed by atoms with E-state index < -0.39 is 0 Å². The molecule has 0 radical (unpaired) electrons. The van der Waals surface area contributed by atoms with Crippen molar-refractivity contribution in [2.24, 2.45) is 15.9 Å². The molecule has 0 aliphatic rings. The van der Waals surface area contributed by atoms with Gasteiger partial charge in [-0.1, -0.05) is 18.2 Å². The van der Waals surface area contributed by atoms with E-state index in [9.17, 15) is 20.4 Å². The van der Waals surface area contributed by atoms with Gasteiger partial charge in [-0.25, -0.2) is 0 Å². The summed E-state index contributed by atoms with van der Waals surface area (Å²) in [7, 11) is 0. The van der Waals surface area contributed by atoms with Crippen molar-refractivity contribution in [3.8, 4) is 28.9 Å². The number of thioether (sulfide) groups is 1. The highest BCUT2D eigenvalue weighted by molar-refractivity contribution is 8.13. The SMILES string of the molecule is Cc1ccccc1-n1c(O)cc(SC(N)=NN=Cc2ccc(O)c(O)c2)c1O. The molecule has 0 unspecified atom stereocenters. The quantitative estimate of drug-likeness (QED) is 0.151. The van der Waals surface area contributed by atoms with Crippen molar-refractivity contribution in [3.63, 3.8) is 0 Å². The normalized spacial score (nSPS) is 12.0. The smallest absolute Gasteiger partial charge is 0.213 e. The molecule has 0 bridgehead atoms. The van der Waals surface area contributed by atoms with Crippen LogP contribution in [0.1, 0.15) is 11.1 Å². The Kier molecular flexibility index (Phi) is 5.46. The second kappa shape index (κ2) is 7.97. The van der Waals surface area contributed by atoms with Gasteiger partial charge in [0.05, 0.1) is 16.8 Å². The van der Waals surface area contributed by atoms with Gasteiger partial charge in [0.2, 0.25) is 5.88 Å². The van der Waals surface area contributed by atoms with Gasteiger partial charge in [0.25, 0.3) is 0 Å². The summed E-state index contributed by atoms with van der Waals surface area (Å²) >= 11 is 0.940. The Hall–Kier alpha value is -3.59. The van der Waals surface area contributed by atoms with Crippen molar-refractivity contribution in [3.05, 3.63) is 59.7 Å². The molecule has 1 aromatic heterocycles. The summed E-state index contributed by atoms with van der Waals surface area (Å²) in [6.07, 6.45) is 1.35. The molecule has 0 aliphatic carbocycles. The molecule has 0 fully saturated rings. The largest absolute Gasteiger partial charge is 0.504 e. The zero-order chi connectivity index (χ0) is 20.3. The summed E-state index contributed by atoms with van der Waals surface area (Å²) in [5.74, 6) is -0.801. The zero-order valence-corrected chi connectivity index (χ0v) is 15.6. The van der Waals surface area contributed by atoms with Crippen LogP contribution in [-0.2, 0) is 0 Å². The summed E-state index contributed by atoms with van der Waals surface area (Å²) in [5, 5.41) is 47.1. The average Bonchev–Trinajstić information content (AvgIpc) is 2.92. The number of nitrogens with two attached hydrogens (primary N) is 1. The molecule has 3 rings (SSSR count). The summed E-state index contributed by atoms with van der Waals surface area (Å²) in [6, 6.07) is 12.9. The minimum atomic E-state index is -0.270. The van der Waals surface area contributed by atoms with E-state index in [1.54, 1.807) is 18.2 Å². The Bertz CT molecular complexity index is 1080. The van der Waals surface area contributed by atoms with Gasteiger partial charge in [0, 0.05) is 6.07 Å². The topological polar surface area (TPSA) is 137 Å². The van der Waals surface area contributed by atoms with Gasteiger partial charge >= 0.3 is 0 Å². The fourth-order valence-corrected chi connectivity index (χ4v) is 3.16. The third kappa shape index (κ3) is 4.04. The van der Waals surface area contributed by atoms with Crippen LogP contribution in [0, 0.1) is 6.92 Å². The van der Waals surface area contributed by atoms with E-state index >= 15 is 0 Å². The fourth-order valence-electron chi connectivity index (χ4n) is 2.50. The molecular weight excluding hydrogens is 380 g/mol. The maximum atomic E-state index is 10.5. The molecule has 144 valence electrons. The number of benzene rings is 2. The fraction of sp³-hybridized carbons (Fsp3) is 0.0526. The third-order valence-corrected chi connectivity index (χ3v) is 4.67. The number of amidine groups is 1. The van der Waals surface area contributed by atoms with E-state index in [1.165, 1.54) is 29.0 Å². The molecule has 2 aromatic carbocycles. The molecule has 6 N–H and O–H groups in total. The molecule has 28 heavy (non-hydrogen) atoms. The van der Waals surface area contributed by atoms with Crippen LogP contribution in [0.15, 0.2) is 63.6 Å². The number of phenols is 2. The van der Waals surface area contributed by atoms with Gasteiger partial charge in [-0.3, -0.25) is 4.57 Å². The van der Waals surface area contributed by atoms with E-state index in [2.05, 4.69) is 10.2 Å². The Morgan fingerprint density at radius 3 is 2.50 bits per heavy atom. The number of aromatic nitrogens is 1. The first kappa shape index (κ1) is 19.2. The van der Waals surface area contributed by atoms with Crippen molar-refractivity contribution < 1.29 is 20.4 Å². The van der Waals surface area contributed by atoms with Crippen LogP contribution in [0.2, 0.25) is 0 Å². The standard InChI is InChI=1S/C19H18N4O4S/c1-11-4-2-3-5-13(11)23-17(26)9-16(18(23)27)28-19(20)22-21-10-12-6-7-14(24)15(25)8-12/h2-10,24-27H,1H3,(H2,20,22). The van der Waals surface area contributed by atoms with E-state index in [-0.39, 0.29) is 28.4 Å². The highest BCUT2D eigenvalue weighted by atomic mass is 32.2. The minimum Gasteiger partial charge on any atom is -0.504 e. The Morgan fingerprint density at radius 1 is 1.04 bits per heavy atom. The number of aromatic hydroxyl groups is 4. The van der Waals surface area contributed by atoms with Crippen LogP contribution in [0.3, 0.4) is 0 Å². The highest BCUT2D eigenvalue weighted by Crippen LogP contribution is 2.38. The lowest BCUT2D eigenvalue weighted by molar-refractivity contribution is 0.398. The summed E-state index contributed by atoms with van der Waals surface area (Å²) in [6.45, 7) is 1.87. The molecule has 0 saturated heterocycles. The maximum absolute atomic E-state index is 10.5. The van der Waals surface area contributed by atoms with Crippen LogP contribution in [0.5, 0.6) is 23.3 Å². The monoisotopic (exact) mass is 398 g/mol. The van der Waals surface area contributed by atoms with Crippen LogP contribution in [-0.4, -0.2) is 36.4 Å². The van der Waals surface area contributed by atoms with Gasteiger partial charge in [-0.15, -0.1) is 5.10 Å². The first-order valence-corrected chi connectivity index (χ1v) is 8.94. The maximum Gasteiger partial charge on any atom is 0.213 e. The summed E-state index contributed by atoms with van der Waals surface area (Å²) < 4.78 is 1.31. The number of phenolic OH excluding ortho intramolecular Hbond substituents is 2. The van der Waals surface area contributed by atoms with Crippen molar-refractivity contribution >= 4 is 23.1 Å². The van der Waals surface area contributed by atoms with E-state index in [0.717, 1.165) is 17.3 Å². The predicted molar refractivity (Wildman–Crippen MR) is 109 cm³/mol. The molecule has 8 nitrogen and oxygen atoms in total. The Balaban J connectivity index is 1.79. The Labute approximate surface area is 164 Å². The second-order valence-corrected chi connectivity index (χ2v) is 6.91. The Morgan fingerprint density at radius 2 is 1.79 bits per heavy atom. The van der Waals surface area contributed by atoms with Gasteiger partial charge in [0.15, 0.2) is 22.5 Å². The molecule has 0 amide bonds. The summed E-state index contributed by atoms with van der Waals surface area (Å²) in [4.78, 5) is 0.319. The zero-order valence-electron chi connectivity index (χ0n) is 14.8. The van der Waals surface area contributed by atoms with Crippen molar-refractivity contribution in [1.82, 2.24) is 4.57 Å². The lowest BCUT2D eigenvalue weighted by Crippen LogP contribution is -2.05. The van der Waals surface area contributed by atoms with Crippen molar-refractivity contribution in [2.45, 2.75) is 11.8 Å². The minimum absolute atomic E-state index is 0.0384. The van der Waals surface area contributed by atoms with Crippen LogP contribution in [0.25, 0.3) is 5.69 Å². The number of hydrogen-bond acceptors (Lipinski definition) is 7. The van der Waals surface area contributed by atoms with E-state index in [4.69, 9.17) is 5.73 Å². The first-order valence-electron chi connectivity index (χ1n) is 8.13. The third-order valence-electron chi connectivity index (χ3n) is 3.85. The van der Waals surface area contributed by atoms with Crippen LogP contribution in [0.4, 0.5) is 0 Å². The second-order valence-electron chi connectivity index (χ2n) is 5.85. The van der Waals surface area contributed by atoms with Gasteiger partial charge < -0.3 is 26.2 Å². The van der Waals surface area contributed by atoms with Gasteiger partial charge in [-0.05, 0) is 54.1 Å². The van der Waals surface area contributed by atoms with Gasteiger partial charge in [0.1, 0.15) is 0 Å². The number of para-hydroxylation sites is 1. The number of nitrogens with zero attached hydrogens (tertiary/aromatic N) is 3. The first-order chi connectivity index (χ1) is 13.4. The molecule has 0 spiro atoms. The molecule has 0 aliphatic heterocycles. The van der Waals surface area contributed by atoms with Crippen LogP contribution < -0.4 is 5.73 Å². The molecule has 3 aromatic rings. The molecule has 0 atom stereocenters. The predicted octanol–water partition coefficient (Wildman–Crippen LogP) is 3.05. The van der Waals surface area contributed by atoms with Crippen molar-refractivity contribution in [2.75, 3.05) is 0 Å². The number of aryl methyl sites for hydroxylation is 1.